The van der Waals surface area contributed by atoms with Crippen molar-refractivity contribution >= 4 is 11.9 Å². The predicted octanol–water partition coefficient (Wildman–Crippen LogP) is 0.664. The fourth-order valence-electron chi connectivity index (χ4n) is 0.838. The number of likely N-dealkylation sites (tertiary alicyclic amines) is 1. The van der Waals surface area contributed by atoms with Crippen LogP contribution in [0.5, 0.6) is 0 Å². The standard InChI is InChI=1S/C8H13NO3/c1-6(2)5-12-8(11)9-3-7(10)4-9/h6H,3-5H2,1-2H3. The molecule has 0 unspecified atom stereocenters. The van der Waals surface area contributed by atoms with Crippen molar-refractivity contribution in [2.45, 2.75) is 13.8 Å². The highest BCUT2D eigenvalue weighted by Gasteiger charge is 2.29. The molecule has 0 atom stereocenters. The number of hydrogen-bond acceptors (Lipinski definition) is 3. The first-order chi connectivity index (χ1) is 5.59. The van der Waals surface area contributed by atoms with Gasteiger partial charge in [0.1, 0.15) is 0 Å². The fraction of sp³-hybridized carbons (Fsp3) is 0.750. The molecule has 0 N–H and O–H groups in total. The third-order valence-electron chi connectivity index (χ3n) is 1.53. The molecule has 1 saturated heterocycles. The van der Waals surface area contributed by atoms with E-state index in [0.717, 1.165) is 0 Å². The fourth-order valence-corrected chi connectivity index (χ4v) is 0.838. The van der Waals surface area contributed by atoms with Crippen molar-refractivity contribution in [2.75, 3.05) is 19.7 Å². The van der Waals surface area contributed by atoms with Crippen LogP contribution in [-0.4, -0.2) is 36.5 Å². The molecule has 1 aliphatic rings. The van der Waals surface area contributed by atoms with E-state index in [4.69, 9.17) is 4.74 Å². The van der Waals surface area contributed by atoms with Gasteiger partial charge in [-0.25, -0.2) is 4.79 Å². The van der Waals surface area contributed by atoms with Crippen LogP contribution in [0.3, 0.4) is 0 Å². The molecule has 0 aromatic carbocycles. The van der Waals surface area contributed by atoms with Gasteiger partial charge in [0.05, 0.1) is 19.7 Å². The lowest BCUT2D eigenvalue weighted by molar-refractivity contribution is -0.127. The van der Waals surface area contributed by atoms with E-state index in [9.17, 15) is 9.59 Å². The second kappa shape index (κ2) is 3.56. The summed E-state index contributed by atoms with van der Waals surface area (Å²) in [7, 11) is 0. The average Bonchev–Trinajstić information content (AvgIpc) is 1.94. The van der Waals surface area contributed by atoms with Crippen LogP contribution in [0, 0.1) is 5.92 Å². The first-order valence-corrected chi connectivity index (χ1v) is 4.03. The van der Waals surface area contributed by atoms with Crippen molar-refractivity contribution < 1.29 is 14.3 Å². The SMILES string of the molecule is CC(C)COC(=O)N1CC(=O)C1. The van der Waals surface area contributed by atoms with Gasteiger partial charge in [-0.15, -0.1) is 0 Å². The Bertz CT molecular complexity index is 192. The Kier molecular flexibility index (Phi) is 2.68. The maximum absolute atomic E-state index is 11.0. The van der Waals surface area contributed by atoms with E-state index >= 15 is 0 Å². The zero-order chi connectivity index (χ0) is 9.14. The third-order valence-corrected chi connectivity index (χ3v) is 1.53. The van der Waals surface area contributed by atoms with E-state index < -0.39 is 0 Å². The van der Waals surface area contributed by atoms with Gasteiger partial charge < -0.3 is 4.74 Å². The number of carbonyl (C=O) groups is 2. The maximum Gasteiger partial charge on any atom is 0.410 e. The van der Waals surface area contributed by atoms with Gasteiger partial charge in [-0.2, -0.15) is 0 Å². The number of nitrogens with zero attached hydrogens (tertiary/aromatic N) is 1. The summed E-state index contributed by atoms with van der Waals surface area (Å²) < 4.78 is 4.89. The highest BCUT2D eigenvalue weighted by Crippen LogP contribution is 2.05. The predicted molar refractivity (Wildman–Crippen MR) is 42.8 cm³/mol. The van der Waals surface area contributed by atoms with Gasteiger partial charge in [0.2, 0.25) is 0 Å². The molecule has 68 valence electrons. The molecule has 1 rings (SSSR count). The molecule has 0 saturated carbocycles. The molecular weight excluding hydrogens is 158 g/mol. The lowest BCUT2D eigenvalue weighted by Crippen LogP contribution is -2.50. The van der Waals surface area contributed by atoms with Crippen LogP contribution in [0.4, 0.5) is 4.79 Å². The number of rotatable bonds is 2. The third kappa shape index (κ3) is 2.22. The molecule has 0 radical (unpaired) electrons. The molecule has 0 spiro atoms. The minimum absolute atomic E-state index is 0.0940. The second-order valence-corrected chi connectivity index (χ2v) is 3.37. The number of amides is 1. The van der Waals surface area contributed by atoms with E-state index in [0.29, 0.717) is 12.5 Å². The normalized spacial score (nSPS) is 16.2. The van der Waals surface area contributed by atoms with Gasteiger partial charge in [0.15, 0.2) is 5.78 Å². The Morgan fingerprint density at radius 2 is 2.17 bits per heavy atom. The van der Waals surface area contributed by atoms with E-state index in [1.165, 1.54) is 4.90 Å². The van der Waals surface area contributed by atoms with Gasteiger partial charge in [0, 0.05) is 0 Å². The zero-order valence-corrected chi connectivity index (χ0v) is 7.37. The monoisotopic (exact) mass is 171 g/mol. The lowest BCUT2D eigenvalue weighted by atomic mass is 10.2. The van der Waals surface area contributed by atoms with Gasteiger partial charge in [0.25, 0.3) is 0 Å². The van der Waals surface area contributed by atoms with E-state index in [2.05, 4.69) is 0 Å². The molecule has 1 amide bonds. The first-order valence-electron chi connectivity index (χ1n) is 4.03. The average molecular weight is 171 g/mol. The van der Waals surface area contributed by atoms with Crippen LogP contribution in [0.15, 0.2) is 0 Å². The molecule has 12 heavy (non-hydrogen) atoms. The van der Waals surface area contributed by atoms with Crippen LogP contribution in [0.25, 0.3) is 0 Å². The Labute approximate surface area is 71.5 Å². The van der Waals surface area contributed by atoms with Crippen LogP contribution in [-0.2, 0) is 9.53 Å². The van der Waals surface area contributed by atoms with Crippen molar-refractivity contribution in [1.29, 1.82) is 0 Å². The Hall–Kier alpha value is -1.06. The quantitative estimate of drug-likeness (QED) is 0.613. The smallest absolute Gasteiger partial charge is 0.410 e. The minimum atomic E-state index is -0.372. The molecule has 0 aliphatic carbocycles. The highest BCUT2D eigenvalue weighted by atomic mass is 16.6. The zero-order valence-electron chi connectivity index (χ0n) is 7.37. The molecule has 0 aromatic rings. The molecular formula is C8H13NO3. The summed E-state index contributed by atoms with van der Waals surface area (Å²) in [6.07, 6.45) is -0.372. The number of Topliss-reactive ketones (excluding diaryl/α,β-unsaturated/α-hetero) is 1. The van der Waals surface area contributed by atoms with Crippen molar-refractivity contribution in [1.82, 2.24) is 4.90 Å². The Morgan fingerprint density at radius 1 is 1.58 bits per heavy atom. The summed E-state index contributed by atoms with van der Waals surface area (Å²) in [6.45, 7) is 4.79. The van der Waals surface area contributed by atoms with Crippen molar-refractivity contribution in [3.63, 3.8) is 0 Å². The van der Waals surface area contributed by atoms with Crippen LogP contribution in [0.1, 0.15) is 13.8 Å². The summed E-state index contributed by atoms with van der Waals surface area (Å²) in [5, 5.41) is 0. The van der Waals surface area contributed by atoms with Gasteiger partial charge in [-0.3, -0.25) is 9.69 Å². The van der Waals surface area contributed by atoms with E-state index in [1.54, 1.807) is 0 Å². The molecule has 1 fully saturated rings. The van der Waals surface area contributed by atoms with Gasteiger partial charge >= 0.3 is 6.09 Å². The maximum atomic E-state index is 11.0. The lowest BCUT2D eigenvalue weighted by Gasteiger charge is -2.28. The topological polar surface area (TPSA) is 46.6 Å². The molecule has 4 nitrogen and oxygen atoms in total. The number of ether oxygens (including phenoxy) is 1. The van der Waals surface area contributed by atoms with Crippen LogP contribution < -0.4 is 0 Å². The summed E-state index contributed by atoms with van der Waals surface area (Å²) in [5.74, 6) is 0.433. The van der Waals surface area contributed by atoms with E-state index in [-0.39, 0.29) is 25.0 Å². The second-order valence-electron chi connectivity index (χ2n) is 3.37. The van der Waals surface area contributed by atoms with Crippen molar-refractivity contribution in [2.24, 2.45) is 5.92 Å². The first kappa shape index (κ1) is 9.03. The Morgan fingerprint density at radius 3 is 2.58 bits per heavy atom. The molecule has 1 aliphatic heterocycles. The highest BCUT2D eigenvalue weighted by molar-refractivity contribution is 5.94. The Balaban J connectivity index is 2.17. The summed E-state index contributed by atoms with van der Waals surface area (Å²) in [4.78, 5) is 22.9. The van der Waals surface area contributed by atoms with E-state index in [1.807, 2.05) is 13.8 Å². The van der Waals surface area contributed by atoms with Gasteiger partial charge in [-0.05, 0) is 5.92 Å². The van der Waals surface area contributed by atoms with Crippen molar-refractivity contribution in [3.8, 4) is 0 Å². The number of hydrogen-bond donors (Lipinski definition) is 0. The van der Waals surface area contributed by atoms with Crippen molar-refractivity contribution in [3.05, 3.63) is 0 Å². The summed E-state index contributed by atoms with van der Waals surface area (Å²) >= 11 is 0. The molecule has 0 aromatic heterocycles. The van der Waals surface area contributed by atoms with Crippen LogP contribution >= 0.6 is 0 Å². The largest absolute Gasteiger partial charge is 0.449 e. The molecule has 0 bridgehead atoms. The molecule has 1 heterocycles. The summed E-state index contributed by atoms with van der Waals surface area (Å²) in [6, 6.07) is 0. The summed E-state index contributed by atoms with van der Waals surface area (Å²) in [5.41, 5.74) is 0. The molecule has 4 heteroatoms. The number of carbonyl (C=O) groups excluding carboxylic acids is 2. The van der Waals surface area contributed by atoms with Crippen LogP contribution in [0.2, 0.25) is 0 Å². The van der Waals surface area contributed by atoms with Gasteiger partial charge in [-0.1, -0.05) is 13.8 Å². The minimum Gasteiger partial charge on any atom is -0.449 e. The number of ketones is 1.